The molecule has 0 saturated carbocycles. The van der Waals surface area contributed by atoms with Gasteiger partial charge < -0.3 is 10.3 Å². The Hall–Kier alpha value is -3.49. The topological polar surface area (TPSA) is 88.5 Å². The van der Waals surface area contributed by atoms with Gasteiger partial charge in [0, 0.05) is 16.4 Å². The lowest BCUT2D eigenvalue weighted by Crippen LogP contribution is -2.27. The number of anilines is 1. The summed E-state index contributed by atoms with van der Waals surface area (Å²) in [4.78, 5) is 29.4. The predicted molar refractivity (Wildman–Crippen MR) is 128 cm³/mol. The molecule has 2 aromatic carbocycles. The third kappa shape index (κ3) is 3.71. The van der Waals surface area contributed by atoms with E-state index in [0.29, 0.717) is 45.2 Å². The monoisotopic (exact) mass is 482 g/mol. The lowest BCUT2D eigenvalue weighted by molar-refractivity contribution is 0.629. The minimum absolute atomic E-state index is 0.113. The predicted octanol–water partition coefficient (Wildman–Crippen LogP) is 5.67. The van der Waals surface area contributed by atoms with E-state index in [2.05, 4.69) is 25.3 Å². The molecule has 0 radical (unpaired) electrons. The Morgan fingerprint density at radius 3 is 2.67 bits per heavy atom. The van der Waals surface area contributed by atoms with Gasteiger partial charge in [-0.2, -0.15) is 0 Å². The summed E-state index contributed by atoms with van der Waals surface area (Å²) in [7, 11) is 0. The first kappa shape index (κ1) is 21.4. The summed E-state index contributed by atoms with van der Waals surface area (Å²) >= 11 is 12.3. The van der Waals surface area contributed by atoms with E-state index in [1.54, 1.807) is 36.7 Å². The van der Waals surface area contributed by atoms with Crippen LogP contribution in [0.3, 0.4) is 0 Å². The lowest BCUT2D eigenvalue weighted by atomic mass is 10.0. The van der Waals surface area contributed by atoms with Crippen LogP contribution in [-0.2, 0) is 0 Å². The molecule has 3 aromatic heterocycles. The zero-order chi connectivity index (χ0) is 23.1. The number of nitrogens with one attached hydrogen (secondary N) is 2. The van der Waals surface area contributed by atoms with Crippen molar-refractivity contribution < 1.29 is 4.39 Å². The number of fused-ring (bicyclic) bond motifs is 2. The van der Waals surface area contributed by atoms with Gasteiger partial charge in [-0.15, -0.1) is 0 Å². The van der Waals surface area contributed by atoms with E-state index >= 15 is 0 Å². The molecule has 0 aliphatic carbocycles. The second-order valence-corrected chi connectivity index (χ2v) is 8.25. The van der Waals surface area contributed by atoms with E-state index in [4.69, 9.17) is 23.2 Å². The molecule has 10 heteroatoms. The van der Waals surface area contributed by atoms with Crippen LogP contribution in [0.25, 0.3) is 27.6 Å². The quantitative estimate of drug-likeness (QED) is 0.337. The fraction of sp³-hybridized carbons (Fsp3) is 0.130. The fourth-order valence-electron chi connectivity index (χ4n) is 3.89. The molecule has 0 saturated heterocycles. The highest BCUT2D eigenvalue weighted by atomic mass is 35.5. The van der Waals surface area contributed by atoms with Crippen molar-refractivity contribution in [1.29, 1.82) is 0 Å². The van der Waals surface area contributed by atoms with Gasteiger partial charge in [0.15, 0.2) is 11.5 Å². The minimum atomic E-state index is -0.649. The molecule has 7 nitrogen and oxygen atoms in total. The Morgan fingerprint density at radius 2 is 1.91 bits per heavy atom. The van der Waals surface area contributed by atoms with E-state index in [9.17, 15) is 9.18 Å². The van der Waals surface area contributed by atoms with Gasteiger partial charge >= 0.3 is 0 Å². The Balaban J connectivity index is 1.75. The maximum absolute atomic E-state index is 14.2. The average molecular weight is 483 g/mol. The number of H-pyrrole nitrogens is 1. The van der Waals surface area contributed by atoms with Crippen molar-refractivity contribution in [1.82, 2.24) is 24.5 Å². The van der Waals surface area contributed by atoms with Crippen molar-refractivity contribution in [2.75, 3.05) is 5.32 Å². The summed E-state index contributed by atoms with van der Waals surface area (Å²) in [6, 6.07) is 11.2. The second-order valence-electron chi connectivity index (χ2n) is 7.44. The van der Waals surface area contributed by atoms with Crippen LogP contribution < -0.4 is 10.9 Å². The summed E-state index contributed by atoms with van der Waals surface area (Å²) in [6.45, 7) is 1.99. The van der Waals surface area contributed by atoms with Crippen molar-refractivity contribution in [2.24, 2.45) is 0 Å². The molecule has 0 unspecified atom stereocenters. The smallest absolute Gasteiger partial charge is 0.264 e. The van der Waals surface area contributed by atoms with Crippen molar-refractivity contribution in [3.8, 4) is 5.69 Å². The highest BCUT2D eigenvalue weighted by Crippen LogP contribution is 2.31. The molecule has 0 aliphatic rings. The molecule has 0 aliphatic heterocycles. The zero-order valence-electron chi connectivity index (χ0n) is 17.3. The molecule has 166 valence electrons. The van der Waals surface area contributed by atoms with E-state index in [-0.39, 0.29) is 16.5 Å². The molecule has 5 rings (SSSR count). The largest absolute Gasteiger partial charge is 0.360 e. The Labute approximate surface area is 197 Å². The molecule has 0 fully saturated rings. The average Bonchev–Trinajstić information content (AvgIpc) is 3.30. The molecule has 0 bridgehead atoms. The number of halogens is 3. The number of aromatic amines is 1. The van der Waals surface area contributed by atoms with E-state index in [1.807, 2.05) is 13.0 Å². The number of hydrogen-bond donors (Lipinski definition) is 2. The maximum Gasteiger partial charge on any atom is 0.264 e. The van der Waals surface area contributed by atoms with E-state index < -0.39 is 11.4 Å². The molecule has 2 N–H and O–H groups in total. The van der Waals surface area contributed by atoms with Crippen LogP contribution in [0.1, 0.15) is 25.1 Å². The summed E-state index contributed by atoms with van der Waals surface area (Å²) in [5.41, 5.74) is 1.99. The van der Waals surface area contributed by atoms with Crippen LogP contribution in [-0.4, -0.2) is 24.5 Å². The summed E-state index contributed by atoms with van der Waals surface area (Å²) in [5.74, 6) is -0.121. The Bertz CT molecular complexity index is 1550. The first-order valence-corrected chi connectivity index (χ1v) is 10.9. The standard InChI is InChI=1S/C23H17Cl2FN6O/c1-2-16(31-22-20-21(28-10-27-20)29-11-30-22)17-9-12-3-8-15(26)19(25)18(12)23(33)32(17)14-6-4-13(24)5-7-14/h3-11,16H,2H2,1H3,(H2,27,28,29,30,31)/t16-/m0/s1. The van der Waals surface area contributed by atoms with Gasteiger partial charge in [0.1, 0.15) is 17.7 Å². The number of nitrogens with zero attached hydrogens (tertiary/aromatic N) is 4. The fourth-order valence-corrected chi connectivity index (χ4v) is 4.27. The normalized spacial score (nSPS) is 12.4. The van der Waals surface area contributed by atoms with Gasteiger partial charge in [0.25, 0.3) is 5.56 Å². The molecule has 0 spiro atoms. The number of pyridine rings is 1. The third-order valence-corrected chi connectivity index (χ3v) is 6.11. The first-order valence-electron chi connectivity index (χ1n) is 10.2. The van der Waals surface area contributed by atoms with Gasteiger partial charge in [0.2, 0.25) is 0 Å². The number of aromatic nitrogens is 5. The van der Waals surface area contributed by atoms with Crippen molar-refractivity contribution in [3.63, 3.8) is 0 Å². The minimum Gasteiger partial charge on any atom is -0.360 e. The molecular formula is C23H17Cl2FN6O. The maximum atomic E-state index is 14.2. The highest BCUT2D eigenvalue weighted by molar-refractivity contribution is 6.35. The molecule has 5 aromatic rings. The second kappa shape index (κ2) is 8.46. The molecule has 33 heavy (non-hydrogen) atoms. The van der Waals surface area contributed by atoms with Crippen molar-refractivity contribution in [2.45, 2.75) is 19.4 Å². The number of rotatable bonds is 5. The van der Waals surface area contributed by atoms with Gasteiger partial charge in [-0.05, 0) is 48.2 Å². The molecular weight excluding hydrogens is 466 g/mol. The lowest BCUT2D eigenvalue weighted by Gasteiger charge is -2.23. The Kier molecular flexibility index (Phi) is 5.47. The van der Waals surface area contributed by atoms with Crippen LogP contribution in [0.15, 0.2) is 59.9 Å². The number of hydrogen-bond acceptors (Lipinski definition) is 5. The number of benzene rings is 2. The Morgan fingerprint density at radius 1 is 1.12 bits per heavy atom. The van der Waals surface area contributed by atoms with Crippen molar-refractivity contribution >= 4 is 51.0 Å². The van der Waals surface area contributed by atoms with Gasteiger partial charge in [-0.25, -0.2) is 19.3 Å². The number of imidazole rings is 1. The van der Waals surface area contributed by atoms with Crippen LogP contribution in [0, 0.1) is 5.82 Å². The van der Waals surface area contributed by atoms with Crippen LogP contribution in [0.5, 0.6) is 0 Å². The zero-order valence-corrected chi connectivity index (χ0v) is 18.8. The van der Waals surface area contributed by atoms with E-state index in [1.165, 1.54) is 17.0 Å². The van der Waals surface area contributed by atoms with Gasteiger partial charge in [0.05, 0.1) is 22.8 Å². The summed E-state index contributed by atoms with van der Waals surface area (Å²) in [6.07, 6.45) is 3.59. The van der Waals surface area contributed by atoms with Crippen LogP contribution in [0.2, 0.25) is 10.0 Å². The highest BCUT2D eigenvalue weighted by Gasteiger charge is 2.22. The van der Waals surface area contributed by atoms with Crippen LogP contribution >= 0.6 is 23.2 Å². The van der Waals surface area contributed by atoms with Crippen LogP contribution in [0.4, 0.5) is 10.2 Å². The van der Waals surface area contributed by atoms with E-state index in [0.717, 1.165) is 0 Å². The van der Waals surface area contributed by atoms with Gasteiger partial charge in [-0.1, -0.05) is 36.2 Å². The van der Waals surface area contributed by atoms with Crippen molar-refractivity contribution in [3.05, 3.63) is 87.0 Å². The van der Waals surface area contributed by atoms with Gasteiger partial charge in [-0.3, -0.25) is 9.36 Å². The molecule has 0 amide bonds. The molecule has 1 atom stereocenters. The molecule has 3 heterocycles. The summed E-state index contributed by atoms with van der Waals surface area (Å²) in [5, 5.41) is 4.37. The first-order chi connectivity index (χ1) is 16.0. The third-order valence-electron chi connectivity index (χ3n) is 5.48. The SMILES string of the molecule is CC[C@H](Nc1ncnc2[nH]cnc12)c1cc2ccc(F)c(Cl)c2c(=O)n1-c1ccc(Cl)cc1. The summed E-state index contributed by atoms with van der Waals surface area (Å²) < 4.78 is 15.7.